The second-order valence-electron chi connectivity index (χ2n) is 7.73. The summed E-state index contributed by atoms with van der Waals surface area (Å²) in [5.74, 6) is -2.02. The number of amides is 2. The third-order valence-corrected chi connectivity index (χ3v) is 4.69. The molecule has 0 rings (SSSR count). The Balaban J connectivity index is 3.61. The molecule has 0 saturated carbocycles. The Kier molecular flexibility index (Phi) is 17.5. The van der Waals surface area contributed by atoms with E-state index < -0.39 is 17.9 Å². The number of carbonyl (C=O) groups excluding carboxylic acids is 2. The summed E-state index contributed by atoms with van der Waals surface area (Å²) >= 11 is 0. The van der Waals surface area contributed by atoms with Gasteiger partial charge in [0.2, 0.25) is 11.8 Å². The van der Waals surface area contributed by atoms with Crippen molar-refractivity contribution < 1.29 is 24.6 Å². The summed E-state index contributed by atoms with van der Waals surface area (Å²) in [6.07, 6.45) is 18.6. The van der Waals surface area contributed by atoms with Crippen LogP contribution in [0, 0.1) is 0 Å². The lowest BCUT2D eigenvalue weighted by molar-refractivity contribution is -0.142. The van der Waals surface area contributed by atoms with Gasteiger partial charge in [-0.05, 0) is 58.3 Å². The molecule has 2 amide bonds. The molecule has 0 aliphatic carbocycles. The Morgan fingerprint density at radius 3 is 2.07 bits per heavy atom. The number of nitrogens with two attached hydrogens (primary N) is 1. The maximum Gasteiger partial charge on any atom is 0.326 e. The molecule has 5 N–H and O–H groups in total. The standard InChI is InChI=1S/C23H40N2O5/c1-19(26)15-13-11-9-7-5-3-2-4-6-8-10-12-14-16-22(28)25-20(23(29)30)17-18-21(24)27/h2-3,7,9,19-20,26H,4-6,8,10-18H2,1H3,(H2,24,27)(H,25,28)(H,29,30)/b3-2-,9-7-/t19?,20-/m0/s1. The van der Waals surface area contributed by atoms with E-state index in [1.54, 1.807) is 0 Å². The van der Waals surface area contributed by atoms with Crippen LogP contribution < -0.4 is 11.1 Å². The van der Waals surface area contributed by atoms with Gasteiger partial charge >= 0.3 is 5.97 Å². The molecule has 0 aliphatic rings. The minimum atomic E-state index is -1.15. The fourth-order valence-corrected chi connectivity index (χ4v) is 2.93. The summed E-state index contributed by atoms with van der Waals surface area (Å²) in [7, 11) is 0. The molecule has 0 fully saturated rings. The van der Waals surface area contributed by atoms with Crippen LogP contribution in [0.15, 0.2) is 24.3 Å². The van der Waals surface area contributed by atoms with E-state index in [0.29, 0.717) is 6.42 Å². The first-order valence-electron chi connectivity index (χ1n) is 11.1. The number of aliphatic carboxylic acids is 1. The molecule has 0 aromatic heterocycles. The smallest absolute Gasteiger partial charge is 0.326 e. The molecule has 0 heterocycles. The van der Waals surface area contributed by atoms with Crippen LogP contribution in [0.1, 0.15) is 90.4 Å². The second kappa shape index (κ2) is 18.9. The average Bonchev–Trinajstić information content (AvgIpc) is 2.67. The van der Waals surface area contributed by atoms with Crippen LogP contribution in [-0.4, -0.2) is 40.1 Å². The number of unbranched alkanes of at least 4 members (excludes halogenated alkanes) is 6. The molecular weight excluding hydrogens is 384 g/mol. The number of hydrogen-bond acceptors (Lipinski definition) is 4. The first-order chi connectivity index (χ1) is 14.3. The van der Waals surface area contributed by atoms with Crippen molar-refractivity contribution in [1.82, 2.24) is 5.32 Å². The monoisotopic (exact) mass is 424 g/mol. The number of nitrogens with one attached hydrogen (secondary N) is 1. The predicted octanol–water partition coefficient (Wildman–Crippen LogP) is 3.61. The lowest BCUT2D eigenvalue weighted by Gasteiger charge is -2.13. The molecule has 0 aromatic rings. The third-order valence-electron chi connectivity index (χ3n) is 4.69. The number of carbonyl (C=O) groups is 3. The minimum Gasteiger partial charge on any atom is -0.480 e. The van der Waals surface area contributed by atoms with Crippen LogP contribution in [0.4, 0.5) is 0 Å². The van der Waals surface area contributed by atoms with Crippen molar-refractivity contribution in [1.29, 1.82) is 0 Å². The van der Waals surface area contributed by atoms with Crippen LogP contribution in [0.5, 0.6) is 0 Å². The first kappa shape index (κ1) is 27.8. The van der Waals surface area contributed by atoms with E-state index in [0.717, 1.165) is 64.2 Å². The van der Waals surface area contributed by atoms with Gasteiger partial charge in [-0.25, -0.2) is 4.79 Å². The number of hydrogen-bond donors (Lipinski definition) is 4. The summed E-state index contributed by atoms with van der Waals surface area (Å²) in [4.78, 5) is 33.7. The molecule has 0 aromatic carbocycles. The summed E-state index contributed by atoms with van der Waals surface area (Å²) in [5, 5.41) is 20.7. The van der Waals surface area contributed by atoms with Crippen LogP contribution in [-0.2, 0) is 14.4 Å². The Labute approximate surface area is 180 Å². The lowest BCUT2D eigenvalue weighted by atomic mass is 10.1. The third kappa shape index (κ3) is 19.2. The van der Waals surface area contributed by atoms with Crippen LogP contribution in [0.3, 0.4) is 0 Å². The average molecular weight is 425 g/mol. The topological polar surface area (TPSA) is 130 Å². The van der Waals surface area contributed by atoms with Gasteiger partial charge in [0.05, 0.1) is 6.10 Å². The van der Waals surface area contributed by atoms with E-state index >= 15 is 0 Å². The number of carboxylic acids is 1. The van der Waals surface area contributed by atoms with Crippen molar-refractivity contribution in [2.75, 3.05) is 0 Å². The molecule has 7 nitrogen and oxygen atoms in total. The molecular formula is C23H40N2O5. The van der Waals surface area contributed by atoms with E-state index in [9.17, 15) is 14.4 Å². The van der Waals surface area contributed by atoms with Crippen molar-refractivity contribution >= 4 is 17.8 Å². The molecule has 0 radical (unpaired) electrons. The Hall–Kier alpha value is -2.15. The van der Waals surface area contributed by atoms with Gasteiger partial charge in [0, 0.05) is 12.8 Å². The molecule has 172 valence electrons. The molecule has 2 atom stereocenters. The normalized spacial score (nSPS) is 13.5. The van der Waals surface area contributed by atoms with Gasteiger partial charge < -0.3 is 21.3 Å². The summed E-state index contributed by atoms with van der Waals surface area (Å²) in [6, 6.07) is -1.06. The summed E-state index contributed by atoms with van der Waals surface area (Å²) in [6.45, 7) is 1.82. The number of aliphatic hydroxyl groups is 1. The zero-order valence-corrected chi connectivity index (χ0v) is 18.4. The zero-order chi connectivity index (χ0) is 22.6. The molecule has 30 heavy (non-hydrogen) atoms. The van der Waals surface area contributed by atoms with E-state index in [1.807, 2.05) is 6.92 Å². The number of primary amides is 1. The van der Waals surface area contributed by atoms with Gasteiger partial charge in [-0.2, -0.15) is 0 Å². The Bertz CT molecular complexity index is 544. The molecule has 7 heteroatoms. The highest BCUT2D eigenvalue weighted by Gasteiger charge is 2.20. The van der Waals surface area contributed by atoms with Crippen molar-refractivity contribution in [3.05, 3.63) is 24.3 Å². The van der Waals surface area contributed by atoms with Gasteiger partial charge in [-0.1, -0.05) is 43.6 Å². The fraction of sp³-hybridized carbons (Fsp3) is 0.696. The quantitative estimate of drug-likeness (QED) is 0.186. The van der Waals surface area contributed by atoms with E-state index in [2.05, 4.69) is 29.6 Å². The van der Waals surface area contributed by atoms with Gasteiger partial charge in [0.15, 0.2) is 0 Å². The van der Waals surface area contributed by atoms with Crippen molar-refractivity contribution in [3.63, 3.8) is 0 Å². The Morgan fingerprint density at radius 2 is 1.47 bits per heavy atom. The number of carboxylic acid groups (broad SMARTS) is 1. The van der Waals surface area contributed by atoms with Crippen molar-refractivity contribution in [2.45, 2.75) is 103 Å². The highest BCUT2D eigenvalue weighted by atomic mass is 16.4. The SMILES string of the molecule is CC(O)CCC/C=C\C/C=C\CCCCCCCC(=O)N[C@@H](CCC(N)=O)C(=O)O. The molecule has 0 saturated heterocycles. The summed E-state index contributed by atoms with van der Waals surface area (Å²) < 4.78 is 0. The molecule has 0 spiro atoms. The van der Waals surface area contributed by atoms with Crippen LogP contribution >= 0.6 is 0 Å². The van der Waals surface area contributed by atoms with Gasteiger partial charge in [0.25, 0.3) is 0 Å². The van der Waals surface area contributed by atoms with E-state index in [4.69, 9.17) is 15.9 Å². The molecule has 1 unspecified atom stereocenters. The Morgan fingerprint density at radius 1 is 0.867 bits per heavy atom. The van der Waals surface area contributed by atoms with E-state index in [-0.39, 0.29) is 24.9 Å². The maximum absolute atomic E-state index is 11.8. The zero-order valence-electron chi connectivity index (χ0n) is 18.4. The summed E-state index contributed by atoms with van der Waals surface area (Å²) in [5.41, 5.74) is 5.02. The van der Waals surface area contributed by atoms with Gasteiger partial charge in [0.1, 0.15) is 6.04 Å². The van der Waals surface area contributed by atoms with Gasteiger partial charge in [-0.15, -0.1) is 0 Å². The van der Waals surface area contributed by atoms with Gasteiger partial charge in [-0.3, -0.25) is 9.59 Å². The maximum atomic E-state index is 11.8. The number of allylic oxidation sites excluding steroid dienone is 4. The van der Waals surface area contributed by atoms with Crippen molar-refractivity contribution in [3.8, 4) is 0 Å². The highest BCUT2D eigenvalue weighted by Crippen LogP contribution is 2.09. The second-order valence-corrected chi connectivity index (χ2v) is 7.73. The number of rotatable bonds is 19. The minimum absolute atomic E-state index is 0.0166. The van der Waals surface area contributed by atoms with Crippen molar-refractivity contribution in [2.24, 2.45) is 5.73 Å². The molecule has 0 aliphatic heterocycles. The fourth-order valence-electron chi connectivity index (χ4n) is 2.93. The van der Waals surface area contributed by atoms with Crippen LogP contribution in [0.2, 0.25) is 0 Å². The van der Waals surface area contributed by atoms with E-state index in [1.165, 1.54) is 0 Å². The lowest BCUT2D eigenvalue weighted by Crippen LogP contribution is -2.41. The predicted molar refractivity (Wildman–Crippen MR) is 119 cm³/mol. The first-order valence-corrected chi connectivity index (χ1v) is 11.1. The molecule has 0 bridgehead atoms. The van der Waals surface area contributed by atoms with Crippen LogP contribution in [0.25, 0.3) is 0 Å². The highest BCUT2D eigenvalue weighted by molar-refractivity contribution is 5.84. The largest absolute Gasteiger partial charge is 0.480 e. The number of aliphatic hydroxyl groups excluding tert-OH is 1.